The van der Waals surface area contributed by atoms with Crippen LogP contribution in [0.25, 0.3) is 0 Å². The zero-order chi connectivity index (χ0) is 33.1. The molecular formula is C35H50FN5O. The van der Waals surface area contributed by atoms with Gasteiger partial charge in [0.2, 0.25) is 0 Å². The quantitative estimate of drug-likeness (QED) is 0.0598. The molecule has 2 aromatic carbocycles. The van der Waals surface area contributed by atoms with Gasteiger partial charge in [0, 0.05) is 50.4 Å². The van der Waals surface area contributed by atoms with Gasteiger partial charge in [-0.05, 0) is 55.2 Å². The van der Waals surface area contributed by atoms with Crippen molar-refractivity contribution >= 4 is 30.1 Å². The van der Waals surface area contributed by atoms with Gasteiger partial charge in [0.1, 0.15) is 5.82 Å². The van der Waals surface area contributed by atoms with Crippen LogP contribution in [0.15, 0.2) is 115 Å². The van der Waals surface area contributed by atoms with E-state index in [9.17, 15) is 9.18 Å². The first kappa shape index (κ1) is 41.6. The number of carbonyl (C=O) groups is 1. The predicted molar refractivity (Wildman–Crippen MR) is 186 cm³/mol. The average molecular weight is 576 g/mol. The molecule has 0 spiro atoms. The summed E-state index contributed by atoms with van der Waals surface area (Å²) in [6.07, 6.45) is 12.3. The highest BCUT2D eigenvalue weighted by atomic mass is 19.1. The van der Waals surface area contributed by atoms with Gasteiger partial charge in [-0.25, -0.2) is 4.39 Å². The minimum absolute atomic E-state index is 0. The molecule has 0 aliphatic heterocycles. The van der Waals surface area contributed by atoms with Gasteiger partial charge in [-0.3, -0.25) is 9.79 Å². The Labute approximate surface area is 254 Å². The Hall–Kier alpha value is -4.91. The number of rotatable bonds is 9. The maximum atomic E-state index is 13.7. The number of carbonyl (C=O) groups excluding carboxylic acids is 1. The molecule has 0 aromatic heterocycles. The molecule has 42 heavy (non-hydrogen) atoms. The van der Waals surface area contributed by atoms with Crippen molar-refractivity contribution in [3.63, 3.8) is 0 Å². The summed E-state index contributed by atoms with van der Waals surface area (Å²) in [5, 5.41) is 15.4. The standard InChI is InChI=1S/C16H16FN3.C10H14.C5H8N2O.C2H6.C2H4.H2/c1-10-4-2-3-5-13(10)15(19)8-11-6-12(9-18)16(20)14(17)7-11;1-5-10(4)8-6-7-9(2)3;1-7-3-5(2-6)4-8;2*1-2;/h2-7,9,18-19H,8,20H2,1H3;5-8H,1,4H2,2-3H3;2-4H,6H2,1H3;1-2H3;1-2H2;1H/b;8-6-;5-2+,7-3?;;;. The lowest BCUT2D eigenvalue weighted by Gasteiger charge is -2.10. The highest BCUT2D eigenvalue weighted by molar-refractivity contribution is 6.01. The third-order valence-electron chi connectivity index (χ3n) is 4.84. The van der Waals surface area contributed by atoms with Crippen LogP contribution in [0.3, 0.4) is 0 Å². The molecule has 0 unspecified atom stereocenters. The minimum Gasteiger partial charge on any atom is -0.404 e. The number of aliphatic imine (C=N–C) groups is 1. The summed E-state index contributed by atoms with van der Waals surface area (Å²) in [7, 11) is 1.58. The van der Waals surface area contributed by atoms with E-state index in [1.54, 1.807) is 19.2 Å². The van der Waals surface area contributed by atoms with E-state index in [1.807, 2.05) is 63.3 Å². The van der Waals surface area contributed by atoms with E-state index in [0.717, 1.165) is 22.9 Å². The van der Waals surface area contributed by atoms with E-state index in [-0.39, 0.29) is 7.11 Å². The Morgan fingerprint density at radius 3 is 2.19 bits per heavy atom. The molecule has 0 fully saturated rings. The van der Waals surface area contributed by atoms with Gasteiger partial charge < -0.3 is 22.3 Å². The Morgan fingerprint density at radius 2 is 1.76 bits per heavy atom. The Kier molecular flexibility index (Phi) is 26.1. The fourth-order valence-corrected chi connectivity index (χ4v) is 2.82. The molecular weight excluding hydrogens is 525 g/mol. The van der Waals surface area contributed by atoms with Gasteiger partial charge in [0.15, 0.2) is 6.29 Å². The highest BCUT2D eigenvalue weighted by Gasteiger charge is 2.10. The van der Waals surface area contributed by atoms with E-state index >= 15 is 0 Å². The van der Waals surface area contributed by atoms with Gasteiger partial charge >= 0.3 is 0 Å². The Bertz CT molecular complexity index is 1270. The van der Waals surface area contributed by atoms with Crippen molar-refractivity contribution in [3.8, 4) is 0 Å². The Morgan fingerprint density at radius 1 is 1.17 bits per heavy atom. The molecule has 0 amide bonds. The van der Waals surface area contributed by atoms with Crippen LogP contribution in [0, 0.1) is 23.6 Å². The van der Waals surface area contributed by atoms with Crippen LogP contribution in [0.1, 0.15) is 51.4 Å². The molecule has 0 bridgehead atoms. The molecule has 0 atom stereocenters. The summed E-state index contributed by atoms with van der Waals surface area (Å²) >= 11 is 0. The van der Waals surface area contributed by atoms with Gasteiger partial charge in [0.05, 0.1) is 5.69 Å². The lowest BCUT2D eigenvalue weighted by Crippen LogP contribution is -2.07. The zero-order valence-corrected chi connectivity index (χ0v) is 26.0. The fraction of sp³-hybridized carbons (Fsp3) is 0.200. The zero-order valence-electron chi connectivity index (χ0n) is 26.0. The lowest BCUT2D eigenvalue weighted by molar-refractivity contribution is -0.104. The summed E-state index contributed by atoms with van der Waals surface area (Å²) in [6, 6.07) is 10.6. The number of nitrogens with one attached hydrogen (secondary N) is 2. The van der Waals surface area contributed by atoms with Crippen molar-refractivity contribution in [2.45, 2.75) is 41.0 Å². The molecule has 0 saturated carbocycles. The molecule has 2 rings (SSSR count). The summed E-state index contributed by atoms with van der Waals surface area (Å²) in [6.45, 7) is 23.4. The number of aldehydes is 1. The first-order valence-electron chi connectivity index (χ1n) is 13.2. The van der Waals surface area contributed by atoms with Gasteiger partial charge in [-0.2, -0.15) is 0 Å². The third kappa shape index (κ3) is 18.4. The second-order valence-electron chi connectivity index (χ2n) is 8.25. The smallest absolute Gasteiger partial charge is 0.153 e. The topological polar surface area (TPSA) is 129 Å². The van der Waals surface area contributed by atoms with Crippen LogP contribution in [-0.4, -0.2) is 31.5 Å². The summed E-state index contributed by atoms with van der Waals surface area (Å²) < 4.78 is 13.7. The summed E-state index contributed by atoms with van der Waals surface area (Å²) in [5.74, 6) is -0.543. The number of benzene rings is 2. The number of hydrogen-bond acceptors (Lipinski definition) is 6. The van der Waals surface area contributed by atoms with E-state index in [2.05, 4.69) is 45.2 Å². The fourth-order valence-electron chi connectivity index (χ4n) is 2.82. The molecule has 7 heteroatoms. The number of nitrogens with two attached hydrogens (primary N) is 2. The molecule has 228 valence electrons. The molecule has 0 aliphatic carbocycles. The van der Waals surface area contributed by atoms with E-state index in [1.165, 1.54) is 24.1 Å². The second kappa shape index (κ2) is 26.3. The first-order chi connectivity index (χ1) is 20.0. The van der Waals surface area contributed by atoms with Crippen LogP contribution in [0.2, 0.25) is 0 Å². The number of aryl methyl sites for hydroxylation is 1. The normalized spacial score (nSPS) is 9.74. The number of halogens is 1. The SMILES string of the molecule is C=C.C=CC(=C)/C=C\C=C(C)C.CC.CN=C/C(C=O)=C\N.Cc1ccccc1C(=N)Cc1cc(F)c(N)c(C=N)c1.[HH]. The van der Waals surface area contributed by atoms with Crippen LogP contribution >= 0.6 is 0 Å². The average Bonchev–Trinajstić information content (AvgIpc) is 3.00. The molecule has 0 radical (unpaired) electrons. The number of anilines is 1. The van der Waals surface area contributed by atoms with Gasteiger partial charge in [-0.15, -0.1) is 13.2 Å². The monoisotopic (exact) mass is 575 g/mol. The molecule has 2 aromatic rings. The molecule has 0 saturated heterocycles. The van der Waals surface area contributed by atoms with Gasteiger partial charge in [0.25, 0.3) is 0 Å². The summed E-state index contributed by atoms with van der Waals surface area (Å²) in [5.41, 5.74) is 16.4. The van der Waals surface area contributed by atoms with Crippen LogP contribution in [0.5, 0.6) is 0 Å². The largest absolute Gasteiger partial charge is 0.404 e. The maximum Gasteiger partial charge on any atom is 0.153 e. The molecule has 0 aliphatic rings. The second-order valence-corrected chi connectivity index (χ2v) is 8.25. The van der Waals surface area contributed by atoms with Crippen molar-refractivity contribution < 1.29 is 10.6 Å². The highest BCUT2D eigenvalue weighted by Crippen LogP contribution is 2.19. The number of allylic oxidation sites excluding steroid dienone is 7. The van der Waals surface area contributed by atoms with Crippen molar-refractivity contribution in [1.82, 2.24) is 0 Å². The molecule has 0 heterocycles. The van der Waals surface area contributed by atoms with E-state index < -0.39 is 5.82 Å². The Balaban J connectivity index is -0.000000280. The van der Waals surface area contributed by atoms with Crippen LogP contribution in [0.4, 0.5) is 10.1 Å². The number of nitrogen functional groups attached to an aromatic ring is 1. The van der Waals surface area contributed by atoms with Crippen molar-refractivity contribution in [3.05, 3.63) is 138 Å². The van der Waals surface area contributed by atoms with Crippen molar-refractivity contribution in [2.75, 3.05) is 12.8 Å². The number of hydrogen-bond donors (Lipinski definition) is 4. The van der Waals surface area contributed by atoms with Crippen LogP contribution in [-0.2, 0) is 11.2 Å². The minimum atomic E-state index is -0.543. The summed E-state index contributed by atoms with van der Waals surface area (Å²) in [4.78, 5) is 13.5. The molecule has 6 N–H and O–H groups in total. The molecule has 6 nitrogen and oxygen atoms in total. The van der Waals surface area contributed by atoms with Gasteiger partial charge in [-0.1, -0.05) is 81.1 Å². The first-order valence-corrected chi connectivity index (χ1v) is 13.2. The maximum absolute atomic E-state index is 13.7. The van der Waals surface area contributed by atoms with E-state index in [4.69, 9.17) is 22.3 Å². The number of nitrogens with zero attached hydrogens (tertiary/aromatic N) is 1. The van der Waals surface area contributed by atoms with Crippen LogP contribution < -0.4 is 11.5 Å². The van der Waals surface area contributed by atoms with E-state index in [0.29, 0.717) is 35.1 Å². The predicted octanol–water partition coefficient (Wildman–Crippen LogP) is 8.38. The van der Waals surface area contributed by atoms with Crippen molar-refractivity contribution in [2.24, 2.45) is 10.7 Å². The van der Waals surface area contributed by atoms with Crippen molar-refractivity contribution in [1.29, 1.82) is 10.8 Å². The third-order valence-corrected chi connectivity index (χ3v) is 4.84. The lowest BCUT2D eigenvalue weighted by atomic mass is 9.97.